The van der Waals surface area contributed by atoms with Crippen LogP contribution in [0, 0.1) is 0 Å². The molecule has 132 valence electrons. The molecule has 5 nitrogen and oxygen atoms in total. The van der Waals surface area contributed by atoms with Gasteiger partial charge < -0.3 is 15.0 Å². The third kappa shape index (κ3) is 4.10. The summed E-state index contributed by atoms with van der Waals surface area (Å²) in [4.78, 5) is 11.3. The van der Waals surface area contributed by atoms with Crippen LogP contribution in [0.4, 0.5) is 11.6 Å². The standard InChI is InChI=1S/C20H26N4O/c1-3-7-16(8-4-1)18-13-17(9-12-25-18)23-19-14-20(22-15-21-19)24-10-5-2-6-11-24/h1,3-4,7-8,14-15,17-18H,2,5-6,9-13H2,(H,21,22,23). The number of aromatic nitrogens is 2. The van der Waals surface area contributed by atoms with E-state index in [4.69, 9.17) is 4.74 Å². The highest BCUT2D eigenvalue weighted by Gasteiger charge is 2.24. The van der Waals surface area contributed by atoms with Crippen molar-refractivity contribution in [2.75, 3.05) is 29.9 Å². The molecule has 0 aliphatic carbocycles. The fraction of sp³-hybridized carbons (Fsp3) is 0.500. The Bertz CT molecular complexity index is 672. The van der Waals surface area contributed by atoms with Gasteiger partial charge >= 0.3 is 0 Å². The molecule has 0 spiro atoms. The number of ether oxygens (including phenoxy) is 1. The van der Waals surface area contributed by atoms with Crippen molar-refractivity contribution in [3.63, 3.8) is 0 Å². The molecular formula is C20H26N4O. The van der Waals surface area contributed by atoms with Crippen LogP contribution < -0.4 is 10.2 Å². The molecule has 2 aliphatic rings. The molecule has 2 atom stereocenters. The zero-order chi connectivity index (χ0) is 16.9. The van der Waals surface area contributed by atoms with Crippen LogP contribution in [0.25, 0.3) is 0 Å². The molecule has 2 aromatic rings. The van der Waals surface area contributed by atoms with Gasteiger partial charge in [0.1, 0.15) is 18.0 Å². The summed E-state index contributed by atoms with van der Waals surface area (Å²) in [6.07, 6.45) is 7.66. The average Bonchev–Trinajstić information content (AvgIpc) is 2.70. The van der Waals surface area contributed by atoms with Gasteiger partial charge in [0.25, 0.3) is 0 Å². The lowest BCUT2D eigenvalue weighted by molar-refractivity contribution is 0.00974. The van der Waals surface area contributed by atoms with Crippen LogP contribution in [0.3, 0.4) is 0 Å². The Morgan fingerprint density at radius 3 is 2.72 bits per heavy atom. The summed E-state index contributed by atoms with van der Waals surface area (Å²) in [5, 5.41) is 3.60. The maximum Gasteiger partial charge on any atom is 0.134 e. The molecule has 5 heteroatoms. The number of nitrogens with one attached hydrogen (secondary N) is 1. The van der Waals surface area contributed by atoms with Crippen LogP contribution in [0.1, 0.15) is 43.8 Å². The number of nitrogens with zero attached hydrogens (tertiary/aromatic N) is 3. The van der Waals surface area contributed by atoms with E-state index in [-0.39, 0.29) is 6.10 Å². The topological polar surface area (TPSA) is 50.3 Å². The third-order valence-corrected chi connectivity index (χ3v) is 5.14. The molecule has 1 aromatic heterocycles. The van der Waals surface area contributed by atoms with E-state index in [1.165, 1.54) is 24.8 Å². The maximum absolute atomic E-state index is 5.97. The minimum Gasteiger partial charge on any atom is -0.373 e. The molecule has 2 fully saturated rings. The van der Waals surface area contributed by atoms with E-state index in [9.17, 15) is 0 Å². The SMILES string of the molecule is c1ccc(C2CC(Nc3cc(N4CCCCC4)ncn3)CCO2)cc1. The largest absolute Gasteiger partial charge is 0.373 e. The van der Waals surface area contributed by atoms with Crippen molar-refractivity contribution in [2.45, 2.75) is 44.2 Å². The minimum atomic E-state index is 0.163. The predicted octanol–water partition coefficient (Wildman–Crippen LogP) is 3.80. The van der Waals surface area contributed by atoms with Crippen LogP contribution in [-0.4, -0.2) is 35.7 Å². The lowest BCUT2D eigenvalue weighted by Gasteiger charge is -2.31. The molecule has 0 bridgehead atoms. The Hall–Kier alpha value is -2.14. The average molecular weight is 338 g/mol. The molecule has 0 amide bonds. The summed E-state index contributed by atoms with van der Waals surface area (Å²) in [6, 6.07) is 13.0. The second kappa shape index (κ2) is 7.83. The lowest BCUT2D eigenvalue weighted by atomic mass is 9.97. The van der Waals surface area contributed by atoms with Gasteiger partial charge in [0.2, 0.25) is 0 Å². The Labute approximate surface area is 149 Å². The van der Waals surface area contributed by atoms with E-state index in [1.807, 2.05) is 6.07 Å². The van der Waals surface area contributed by atoms with Crippen molar-refractivity contribution < 1.29 is 4.74 Å². The van der Waals surface area contributed by atoms with Crippen molar-refractivity contribution in [3.05, 3.63) is 48.3 Å². The van der Waals surface area contributed by atoms with E-state index in [1.54, 1.807) is 6.33 Å². The normalized spacial score (nSPS) is 24.1. The minimum absolute atomic E-state index is 0.163. The summed E-state index contributed by atoms with van der Waals surface area (Å²) in [5.41, 5.74) is 1.26. The van der Waals surface area contributed by atoms with E-state index in [0.29, 0.717) is 6.04 Å². The molecule has 3 heterocycles. The summed E-state index contributed by atoms with van der Waals surface area (Å²) in [5.74, 6) is 1.97. The van der Waals surface area contributed by atoms with Gasteiger partial charge in [-0.3, -0.25) is 0 Å². The summed E-state index contributed by atoms with van der Waals surface area (Å²) in [7, 11) is 0. The van der Waals surface area contributed by atoms with Gasteiger partial charge in [-0.05, 0) is 37.7 Å². The monoisotopic (exact) mass is 338 g/mol. The van der Waals surface area contributed by atoms with Gasteiger partial charge in [-0.15, -0.1) is 0 Å². The van der Waals surface area contributed by atoms with Crippen LogP contribution >= 0.6 is 0 Å². The molecule has 2 unspecified atom stereocenters. The van der Waals surface area contributed by atoms with E-state index < -0.39 is 0 Å². The second-order valence-corrected chi connectivity index (χ2v) is 6.94. The number of hydrogen-bond acceptors (Lipinski definition) is 5. The summed E-state index contributed by atoms with van der Waals surface area (Å²) in [6.45, 7) is 2.98. The number of benzene rings is 1. The second-order valence-electron chi connectivity index (χ2n) is 6.94. The number of anilines is 2. The first-order valence-corrected chi connectivity index (χ1v) is 9.38. The first-order valence-electron chi connectivity index (χ1n) is 9.38. The lowest BCUT2D eigenvalue weighted by Crippen LogP contribution is -2.32. The number of piperidine rings is 1. The predicted molar refractivity (Wildman–Crippen MR) is 99.9 cm³/mol. The van der Waals surface area contributed by atoms with Crippen molar-refractivity contribution in [1.29, 1.82) is 0 Å². The van der Waals surface area contributed by atoms with Gasteiger partial charge in [-0.25, -0.2) is 9.97 Å². The molecule has 0 saturated carbocycles. The van der Waals surface area contributed by atoms with Gasteiger partial charge in [0, 0.05) is 31.8 Å². The molecule has 25 heavy (non-hydrogen) atoms. The van der Waals surface area contributed by atoms with Crippen LogP contribution in [-0.2, 0) is 4.74 Å². The van der Waals surface area contributed by atoms with Crippen molar-refractivity contribution in [3.8, 4) is 0 Å². The van der Waals surface area contributed by atoms with Crippen molar-refractivity contribution in [1.82, 2.24) is 9.97 Å². The summed E-state index contributed by atoms with van der Waals surface area (Å²) >= 11 is 0. The van der Waals surface area contributed by atoms with Crippen molar-refractivity contribution >= 4 is 11.6 Å². The van der Waals surface area contributed by atoms with Crippen molar-refractivity contribution in [2.24, 2.45) is 0 Å². The van der Waals surface area contributed by atoms with E-state index >= 15 is 0 Å². The highest BCUT2D eigenvalue weighted by Crippen LogP contribution is 2.29. The first kappa shape index (κ1) is 16.3. The first-order chi connectivity index (χ1) is 12.4. The smallest absolute Gasteiger partial charge is 0.134 e. The molecule has 4 rings (SSSR count). The molecular weight excluding hydrogens is 312 g/mol. The van der Waals surface area contributed by atoms with Gasteiger partial charge in [-0.2, -0.15) is 0 Å². The Morgan fingerprint density at radius 2 is 1.88 bits per heavy atom. The molecule has 2 saturated heterocycles. The van der Waals surface area contributed by atoms with Crippen LogP contribution in [0.2, 0.25) is 0 Å². The van der Waals surface area contributed by atoms with Gasteiger partial charge in [-0.1, -0.05) is 30.3 Å². The molecule has 2 aliphatic heterocycles. The zero-order valence-electron chi connectivity index (χ0n) is 14.6. The Morgan fingerprint density at radius 1 is 1.04 bits per heavy atom. The van der Waals surface area contributed by atoms with Gasteiger partial charge in [0.15, 0.2) is 0 Å². The highest BCUT2D eigenvalue weighted by atomic mass is 16.5. The number of hydrogen-bond donors (Lipinski definition) is 1. The number of rotatable bonds is 4. The molecule has 1 N–H and O–H groups in total. The fourth-order valence-electron chi connectivity index (χ4n) is 3.76. The quantitative estimate of drug-likeness (QED) is 0.919. The summed E-state index contributed by atoms with van der Waals surface area (Å²) < 4.78 is 5.97. The maximum atomic E-state index is 5.97. The van der Waals surface area contributed by atoms with E-state index in [2.05, 4.69) is 50.5 Å². The highest BCUT2D eigenvalue weighted by molar-refractivity contribution is 5.49. The zero-order valence-corrected chi connectivity index (χ0v) is 14.6. The Kier molecular flexibility index (Phi) is 5.11. The van der Waals surface area contributed by atoms with Gasteiger partial charge in [0.05, 0.1) is 6.10 Å². The molecule has 1 aromatic carbocycles. The van der Waals surface area contributed by atoms with E-state index in [0.717, 1.165) is 44.2 Å². The van der Waals surface area contributed by atoms with Crippen LogP contribution in [0.5, 0.6) is 0 Å². The molecule has 0 radical (unpaired) electrons. The fourth-order valence-corrected chi connectivity index (χ4v) is 3.76. The third-order valence-electron chi connectivity index (χ3n) is 5.14. The Balaban J connectivity index is 1.41. The van der Waals surface area contributed by atoms with Crippen LogP contribution in [0.15, 0.2) is 42.7 Å².